The molecule has 2 rings (SSSR count). The molecule has 1 amide bonds. The van der Waals surface area contributed by atoms with Crippen molar-refractivity contribution in [3.8, 4) is 11.5 Å². The molecule has 24 heavy (non-hydrogen) atoms. The van der Waals surface area contributed by atoms with Crippen molar-refractivity contribution in [3.63, 3.8) is 0 Å². The molecular weight excluding hydrogens is 333 g/mol. The predicted octanol–water partition coefficient (Wildman–Crippen LogP) is 4.78. The smallest absolute Gasteiger partial charge is 0.255 e. The van der Waals surface area contributed by atoms with Gasteiger partial charge in [-0.1, -0.05) is 23.8 Å². The van der Waals surface area contributed by atoms with Crippen LogP contribution in [0.2, 0.25) is 5.02 Å². The topological polar surface area (TPSA) is 47.6 Å². The molecule has 0 saturated heterocycles. The number of anilines is 1. The average molecular weight is 350 g/mol. The van der Waals surface area contributed by atoms with Gasteiger partial charge < -0.3 is 14.8 Å². The molecule has 2 aromatic rings. The van der Waals surface area contributed by atoms with Crippen LogP contribution in [0.3, 0.4) is 0 Å². The van der Waals surface area contributed by atoms with E-state index in [4.69, 9.17) is 21.1 Å². The Balaban J connectivity index is 2.37. The number of rotatable bonds is 5. The van der Waals surface area contributed by atoms with Gasteiger partial charge in [-0.05, 0) is 37.3 Å². The lowest BCUT2D eigenvalue weighted by Gasteiger charge is -2.13. The number of methoxy groups -OCH3 is 2. The Morgan fingerprint density at radius 1 is 1.21 bits per heavy atom. The molecule has 6 heteroatoms. The minimum absolute atomic E-state index is 0.0604. The van der Waals surface area contributed by atoms with Crippen LogP contribution in [0.1, 0.15) is 22.8 Å². The van der Waals surface area contributed by atoms with Gasteiger partial charge in [0.05, 0.1) is 19.2 Å². The van der Waals surface area contributed by atoms with Crippen LogP contribution in [0.5, 0.6) is 11.5 Å². The normalized spacial score (nSPS) is 10.7. The first kappa shape index (κ1) is 17.8. The molecule has 0 fully saturated rings. The Morgan fingerprint density at radius 2 is 1.96 bits per heavy atom. The van der Waals surface area contributed by atoms with Crippen LogP contribution in [0, 0.1) is 5.82 Å². The van der Waals surface area contributed by atoms with Crippen molar-refractivity contribution >= 4 is 29.3 Å². The van der Waals surface area contributed by atoms with Crippen molar-refractivity contribution in [3.05, 3.63) is 58.4 Å². The number of amides is 1. The quantitative estimate of drug-likeness (QED) is 0.844. The third kappa shape index (κ3) is 3.86. The first-order valence-corrected chi connectivity index (χ1v) is 7.53. The summed E-state index contributed by atoms with van der Waals surface area (Å²) in [6, 6.07) is 7.24. The number of ether oxygens (including phenoxy) is 2. The van der Waals surface area contributed by atoms with Gasteiger partial charge in [0.25, 0.3) is 5.91 Å². The molecule has 0 heterocycles. The second-order valence-electron chi connectivity index (χ2n) is 4.88. The van der Waals surface area contributed by atoms with Crippen molar-refractivity contribution < 1.29 is 18.7 Å². The van der Waals surface area contributed by atoms with E-state index in [2.05, 4.69) is 5.32 Å². The fourth-order valence-electron chi connectivity index (χ4n) is 2.21. The third-order valence-corrected chi connectivity index (χ3v) is 3.58. The molecule has 0 atom stereocenters. The summed E-state index contributed by atoms with van der Waals surface area (Å²) in [5.41, 5.74) is 1.48. The van der Waals surface area contributed by atoms with Gasteiger partial charge in [-0.2, -0.15) is 0 Å². The Bertz CT molecular complexity index is 790. The van der Waals surface area contributed by atoms with Gasteiger partial charge in [0.1, 0.15) is 5.82 Å². The van der Waals surface area contributed by atoms with Crippen LogP contribution in [0.15, 0.2) is 36.4 Å². The zero-order chi connectivity index (χ0) is 17.7. The SMILES string of the molecule is C/C=C/c1cc(C(=O)Nc2ccc(F)c(Cl)c2)cc(OC)c1OC. The lowest BCUT2D eigenvalue weighted by Crippen LogP contribution is -2.12. The van der Waals surface area contributed by atoms with Crippen LogP contribution >= 0.6 is 11.6 Å². The molecule has 0 spiro atoms. The molecule has 0 aliphatic heterocycles. The maximum absolute atomic E-state index is 13.2. The van der Waals surface area contributed by atoms with Gasteiger partial charge in [-0.25, -0.2) is 4.39 Å². The first-order chi connectivity index (χ1) is 11.5. The fraction of sp³-hybridized carbons (Fsp3) is 0.167. The lowest BCUT2D eigenvalue weighted by molar-refractivity contribution is 0.102. The highest BCUT2D eigenvalue weighted by Gasteiger charge is 2.15. The van der Waals surface area contributed by atoms with Gasteiger partial charge in [-0.3, -0.25) is 4.79 Å². The van der Waals surface area contributed by atoms with E-state index < -0.39 is 5.82 Å². The number of hydrogen-bond acceptors (Lipinski definition) is 3. The number of carbonyl (C=O) groups is 1. The molecule has 0 aliphatic rings. The van der Waals surface area contributed by atoms with Gasteiger partial charge >= 0.3 is 0 Å². The molecule has 0 saturated carbocycles. The molecule has 0 aromatic heterocycles. The summed E-state index contributed by atoms with van der Waals surface area (Å²) in [7, 11) is 3.03. The summed E-state index contributed by atoms with van der Waals surface area (Å²) in [5.74, 6) is 0.0629. The van der Waals surface area contributed by atoms with Crippen molar-refractivity contribution in [2.24, 2.45) is 0 Å². The summed E-state index contributed by atoms with van der Waals surface area (Å²) in [5, 5.41) is 2.61. The van der Waals surface area contributed by atoms with Crippen LogP contribution in [0.4, 0.5) is 10.1 Å². The van der Waals surface area contributed by atoms with E-state index in [0.717, 1.165) is 0 Å². The molecule has 0 unspecified atom stereocenters. The Labute approximate surface area is 144 Å². The molecule has 1 N–H and O–H groups in total. The zero-order valence-corrected chi connectivity index (χ0v) is 14.3. The highest BCUT2D eigenvalue weighted by atomic mass is 35.5. The van der Waals surface area contributed by atoms with E-state index in [9.17, 15) is 9.18 Å². The van der Waals surface area contributed by atoms with Crippen LogP contribution in [-0.2, 0) is 0 Å². The lowest BCUT2D eigenvalue weighted by atomic mass is 10.1. The van der Waals surface area contributed by atoms with Crippen LogP contribution in [0.25, 0.3) is 6.08 Å². The Kier molecular flexibility index (Phi) is 5.82. The third-order valence-electron chi connectivity index (χ3n) is 3.29. The summed E-state index contributed by atoms with van der Waals surface area (Å²) in [6.45, 7) is 1.86. The second-order valence-corrected chi connectivity index (χ2v) is 5.29. The maximum atomic E-state index is 13.2. The summed E-state index contributed by atoms with van der Waals surface area (Å²) in [6.07, 6.45) is 3.64. The van der Waals surface area contributed by atoms with Crippen LogP contribution < -0.4 is 14.8 Å². The number of allylic oxidation sites excluding steroid dienone is 1. The van der Waals surface area contributed by atoms with E-state index in [1.165, 1.54) is 32.4 Å². The Morgan fingerprint density at radius 3 is 2.54 bits per heavy atom. The monoisotopic (exact) mass is 349 g/mol. The number of hydrogen-bond donors (Lipinski definition) is 1. The van der Waals surface area contributed by atoms with Gasteiger partial charge in [-0.15, -0.1) is 0 Å². The highest BCUT2D eigenvalue weighted by molar-refractivity contribution is 6.31. The van der Waals surface area contributed by atoms with E-state index >= 15 is 0 Å². The fourth-order valence-corrected chi connectivity index (χ4v) is 2.39. The molecule has 0 radical (unpaired) electrons. The van der Waals surface area contributed by atoms with E-state index in [1.54, 1.807) is 12.1 Å². The maximum Gasteiger partial charge on any atom is 0.255 e. The molecule has 126 valence electrons. The number of halogens is 2. The largest absolute Gasteiger partial charge is 0.493 e. The zero-order valence-electron chi connectivity index (χ0n) is 13.5. The first-order valence-electron chi connectivity index (χ1n) is 7.15. The standard InChI is InChI=1S/C18H17ClFNO3/c1-4-5-11-8-12(9-16(23-2)17(11)24-3)18(22)21-13-6-7-15(20)14(19)10-13/h4-10H,1-3H3,(H,21,22)/b5-4+. The minimum atomic E-state index is -0.545. The molecule has 2 aromatic carbocycles. The molecular formula is C18H17ClFNO3. The van der Waals surface area contributed by atoms with Crippen LogP contribution in [-0.4, -0.2) is 20.1 Å². The second kappa shape index (κ2) is 7.84. The molecule has 4 nitrogen and oxygen atoms in total. The van der Waals surface area contributed by atoms with Crippen molar-refractivity contribution in [1.29, 1.82) is 0 Å². The molecule has 0 aliphatic carbocycles. The summed E-state index contributed by atoms with van der Waals surface area (Å²) < 4.78 is 23.8. The summed E-state index contributed by atoms with van der Waals surface area (Å²) >= 11 is 5.73. The van der Waals surface area contributed by atoms with E-state index in [1.807, 2.05) is 19.1 Å². The number of benzene rings is 2. The Hall–Kier alpha value is -2.53. The predicted molar refractivity (Wildman–Crippen MR) is 93.6 cm³/mol. The minimum Gasteiger partial charge on any atom is -0.493 e. The average Bonchev–Trinajstić information content (AvgIpc) is 2.57. The summed E-state index contributed by atoms with van der Waals surface area (Å²) in [4.78, 5) is 12.5. The van der Waals surface area contributed by atoms with Crippen molar-refractivity contribution in [1.82, 2.24) is 0 Å². The highest BCUT2D eigenvalue weighted by Crippen LogP contribution is 2.34. The van der Waals surface area contributed by atoms with E-state index in [-0.39, 0.29) is 10.9 Å². The molecule has 0 bridgehead atoms. The van der Waals surface area contributed by atoms with Gasteiger partial charge in [0.15, 0.2) is 11.5 Å². The van der Waals surface area contributed by atoms with E-state index in [0.29, 0.717) is 28.3 Å². The van der Waals surface area contributed by atoms with Crippen molar-refractivity contribution in [2.75, 3.05) is 19.5 Å². The van der Waals surface area contributed by atoms with Gasteiger partial charge in [0, 0.05) is 16.8 Å². The number of nitrogens with one attached hydrogen (secondary N) is 1. The van der Waals surface area contributed by atoms with Gasteiger partial charge in [0.2, 0.25) is 0 Å². The van der Waals surface area contributed by atoms with Crippen molar-refractivity contribution in [2.45, 2.75) is 6.92 Å². The number of carbonyl (C=O) groups excluding carboxylic acids is 1.